The van der Waals surface area contributed by atoms with E-state index in [-0.39, 0.29) is 6.04 Å². The van der Waals surface area contributed by atoms with Crippen LogP contribution < -0.4 is 5.32 Å². The van der Waals surface area contributed by atoms with Gasteiger partial charge in [0.25, 0.3) is 0 Å². The highest BCUT2D eigenvalue weighted by Gasteiger charge is 2.17. The first-order chi connectivity index (χ1) is 8.07. The van der Waals surface area contributed by atoms with Gasteiger partial charge in [0.05, 0.1) is 0 Å². The number of halogens is 2. The molecule has 96 valence electrons. The smallest absolute Gasteiger partial charge is 0.163 e. The zero-order chi connectivity index (χ0) is 12.8. The van der Waals surface area contributed by atoms with Gasteiger partial charge in [-0.15, -0.1) is 0 Å². The molecule has 2 nitrogen and oxygen atoms in total. The highest BCUT2D eigenvalue weighted by atomic mass is 19.2. The molecule has 0 fully saturated rings. The van der Waals surface area contributed by atoms with Gasteiger partial charge >= 0.3 is 0 Å². The average Bonchev–Trinajstić information content (AvgIpc) is 2.32. The van der Waals surface area contributed by atoms with Gasteiger partial charge < -0.3 is 5.32 Å². The lowest BCUT2D eigenvalue weighted by Gasteiger charge is -2.25. The predicted molar refractivity (Wildman–Crippen MR) is 65.9 cm³/mol. The Kier molecular flexibility index (Phi) is 5.51. The Hall–Kier alpha value is -1.00. The molecular formula is C13H20F2N2. The Morgan fingerprint density at radius 1 is 1.35 bits per heavy atom. The summed E-state index contributed by atoms with van der Waals surface area (Å²) in [4.78, 5) is 2.02. The summed E-state index contributed by atoms with van der Waals surface area (Å²) in [6.07, 6.45) is 0.980. The number of nitrogens with one attached hydrogen (secondary N) is 1. The molecule has 1 unspecified atom stereocenters. The summed E-state index contributed by atoms with van der Waals surface area (Å²) in [5.41, 5.74) is 0.414. The number of hydrogen-bond acceptors (Lipinski definition) is 2. The number of rotatable bonds is 6. The Balaban J connectivity index is 2.68. The lowest BCUT2D eigenvalue weighted by Crippen LogP contribution is -2.26. The van der Waals surface area contributed by atoms with Crippen LogP contribution in [0.4, 0.5) is 8.78 Å². The summed E-state index contributed by atoms with van der Waals surface area (Å²) >= 11 is 0. The van der Waals surface area contributed by atoms with Gasteiger partial charge in [-0.05, 0) is 46.6 Å². The van der Waals surface area contributed by atoms with E-state index in [4.69, 9.17) is 0 Å². The van der Waals surface area contributed by atoms with Gasteiger partial charge in [0.1, 0.15) is 0 Å². The van der Waals surface area contributed by atoms with Gasteiger partial charge in [-0.2, -0.15) is 0 Å². The molecule has 0 spiro atoms. The molecule has 0 radical (unpaired) electrons. The van der Waals surface area contributed by atoms with Crippen molar-refractivity contribution in [2.45, 2.75) is 19.4 Å². The largest absolute Gasteiger partial charge is 0.320 e. The summed E-state index contributed by atoms with van der Waals surface area (Å²) in [7, 11) is 3.82. The van der Waals surface area contributed by atoms with Gasteiger partial charge in [0, 0.05) is 11.6 Å². The minimum atomic E-state index is -0.780. The van der Waals surface area contributed by atoms with Gasteiger partial charge in [-0.25, -0.2) is 8.78 Å². The Morgan fingerprint density at radius 3 is 2.71 bits per heavy atom. The highest BCUT2D eigenvalue weighted by molar-refractivity contribution is 5.22. The van der Waals surface area contributed by atoms with Crippen molar-refractivity contribution in [3.63, 3.8) is 0 Å². The van der Waals surface area contributed by atoms with E-state index in [0.717, 1.165) is 25.6 Å². The standard InChI is InChI=1S/C13H20F2N2/c1-10(17(3)9-5-8-16-2)11-6-4-7-12(14)13(11)15/h4,6-7,10,16H,5,8-9H2,1-3H3. The molecule has 4 heteroatoms. The third-order valence-electron chi connectivity index (χ3n) is 3.03. The second-order valence-electron chi connectivity index (χ2n) is 4.26. The van der Waals surface area contributed by atoms with Crippen LogP contribution in [0.1, 0.15) is 24.9 Å². The van der Waals surface area contributed by atoms with Crippen molar-refractivity contribution in [1.29, 1.82) is 0 Å². The summed E-state index contributed by atoms with van der Waals surface area (Å²) in [5, 5.41) is 3.06. The van der Waals surface area contributed by atoms with Crippen molar-refractivity contribution >= 4 is 0 Å². The quantitative estimate of drug-likeness (QED) is 0.771. The predicted octanol–water partition coefficient (Wildman–Crippen LogP) is 2.57. The van der Waals surface area contributed by atoms with E-state index in [1.807, 2.05) is 25.9 Å². The number of nitrogens with zero attached hydrogens (tertiary/aromatic N) is 1. The molecule has 0 heterocycles. The fraction of sp³-hybridized carbons (Fsp3) is 0.538. The Labute approximate surface area is 102 Å². The van der Waals surface area contributed by atoms with Gasteiger partial charge in [-0.3, -0.25) is 4.90 Å². The van der Waals surface area contributed by atoms with Crippen LogP contribution in [0.2, 0.25) is 0 Å². The van der Waals surface area contributed by atoms with Crippen LogP contribution in [0.3, 0.4) is 0 Å². The molecule has 0 aromatic heterocycles. The van der Waals surface area contributed by atoms with E-state index >= 15 is 0 Å². The molecule has 17 heavy (non-hydrogen) atoms. The Bertz CT molecular complexity index is 355. The van der Waals surface area contributed by atoms with Gasteiger partial charge in [-0.1, -0.05) is 12.1 Å². The van der Waals surface area contributed by atoms with Crippen LogP contribution in [0.25, 0.3) is 0 Å². The number of benzene rings is 1. The SMILES string of the molecule is CNCCCN(C)C(C)c1cccc(F)c1F. The lowest BCUT2D eigenvalue weighted by molar-refractivity contribution is 0.251. The third-order valence-corrected chi connectivity index (χ3v) is 3.03. The first-order valence-corrected chi connectivity index (χ1v) is 5.86. The van der Waals surface area contributed by atoms with Gasteiger partial charge in [0.15, 0.2) is 11.6 Å². The maximum atomic E-state index is 13.6. The van der Waals surface area contributed by atoms with E-state index in [2.05, 4.69) is 5.32 Å². The first kappa shape index (κ1) is 14.1. The molecule has 0 aliphatic rings. The molecular weight excluding hydrogens is 222 g/mol. The second kappa shape index (κ2) is 6.67. The molecule has 0 aliphatic heterocycles. The Morgan fingerprint density at radius 2 is 2.06 bits per heavy atom. The van der Waals surface area contributed by atoms with Crippen molar-refractivity contribution in [3.8, 4) is 0 Å². The molecule has 0 saturated heterocycles. The van der Waals surface area contributed by atoms with Crippen molar-refractivity contribution in [3.05, 3.63) is 35.4 Å². The minimum Gasteiger partial charge on any atom is -0.320 e. The topological polar surface area (TPSA) is 15.3 Å². The molecule has 0 bridgehead atoms. The molecule has 1 aromatic rings. The van der Waals surface area contributed by atoms with Crippen molar-refractivity contribution in [2.24, 2.45) is 0 Å². The molecule has 0 aliphatic carbocycles. The van der Waals surface area contributed by atoms with E-state index in [1.165, 1.54) is 0 Å². The maximum Gasteiger partial charge on any atom is 0.163 e. The van der Waals surface area contributed by atoms with Crippen LogP contribution in [0.5, 0.6) is 0 Å². The average molecular weight is 242 g/mol. The number of hydrogen-bond donors (Lipinski definition) is 1. The first-order valence-electron chi connectivity index (χ1n) is 5.86. The summed E-state index contributed by atoms with van der Waals surface area (Å²) in [6.45, 7) is 3.65. The monoisotopic (exact) mass is 242 g/mol. The fourth-order valence-corrected chi connectivity index (χ4v) is 1.78. The summed E-state index contributed by atoms with van der Waals surface area (Å²) in [5.74, 6) is -1.52. The van der Waals surface area contributed by atoms with Crippen LogP contribution >= 0.6 is 0 Å². The zero-order valence-corrected chi connectivity index (χ0v) is 10.6. The minimum absolute atomic E-state index is 0.123. The highest BCUT2D eigenvalue weighted by Crippen LogP contribution is 2.23. The normalized spacial score (nSPS) is 13.1. The van der Waals surface area contributed by atoms with E-state index in [9.17, 15) is 8.78 Å². The van der Waals surface area contributed by atoms with Crippen LogP contribution in [-0.2, 0) is 0 Å². The third kappa shape index (κ3) is 3.75. The van der Waals surface area contributed by atoms with Crippen molar-refractivity contribution in [2.75, 3.05) is 27.2 Å². The van der Waals surface area contributed by atoms with Crippen molar-refractivity contribution in [1.82, 2.24) is 10.2 Å². The second-order valence-corrected chi connectivity index (χ2v) is 4.26. The van der Waals surface area contributed by atoms with Crippen LogP contribution in [0.15, 0.2) is 18.2 Å². The molecule has 0 amide bonds. The van der Waals surface area contributed by atoms with Crippen LogP contribution in [0, 0.1) is 11.6 Å². The van der Waals surface area contributed by atoms with E-state index < -0.39 is 11.6 Å². The van der Waals surface area contributed by atoms with Gasteiger partial charge in [0.2, 0.25) is 0 Å². The summed E-state index contributed by atoms with van der Waals surface area (Å²) < 4.78 is 26.7. The van der Waals surface area contributed by atoms with E-state index in [1.54, 1.807) is 12.1 Å². The fourth-order valence-electron chi connectivity index (χ4n) is 1.78. The van der Waals surface area contributed by atoms with Crippen LogP contribution in [-0.4, -0.2) is 32.1 Å². The van der Waals surface area contributed by atoms with E-state index in [0.29, 0.717) is 5.56 Å². The van der Waals surface area contributed by atoms with Crippen molar-refractivity contribution < 1.29 is 8.78 Å². The lowest BCUT2D eigenvalue weighted by atomic mass is 10.1. The molecule has 1 atom stereocenters. The molecule has 1 aromatic carbocycles. The molecule has 1 N–H and O–H groups in total. The molecule has 1 rings (SSSR count). The maximum absolute atomic E-state index is 13.6. The summed E-state index contributed by atoms with van der Waals surface area (Å²) in [6, 6.07) is 4.21. The zero-order valence-electron chi connectivity index (χ0n) is 10.6. The molecule has 0 saturated carbocycles.